The fourth-order valence-corrected chi connectivity index (χ4v) is 3.50. The van der Waals surface area contributed by atoms with E-state index in [2.05, 4.69) is 11.8 Å². The van der Waals surface area contributed by atoms with E-state index in [4.69, 9.17) is 9.47 Å². The largest absolute Gasteiger partial charge is 0.465 e. The topological polar surface area (TPSA) is 52.6 Å². The summed E-state index contributed by atoms with van der Waals surface area (Å²) in [5.41, 5.74) is -0.308. The zero-order chi connectivity index (χ0) is 18.3. The van der Waals surface area contributed by atoms with E-state index in [0.29, 0.717) is 56.8 Å². The fraction of sp³-hybridized carbons (Fsp3) is 0.810. The van der Waals surface area contributed by atoms with Crippen molar-refractivity contribution in [3.63, 3.8) is 0 Å². The van der Waals surface area contributed by atoms with E-state index < -0.39 is 0 Å². The molecule has 0 bridgehead atoms. The van der Waals surface area contributed by atoms with Gasteiger partial charge in [-0.05, 0) is 37.0 Å². The van der Waals surface area contributed by atoms with Crippen molar-refractivity contribution in [1.29, 1.82) is 0 Å². The quantitative estimate of drug-likeness (QED) is 0.361. The van der Waals surface area contributed by atoms with E-state index in [1.165, 1.54) is 0 Å². The standard InChI is InChI=1S/C21H32O4/c1-21(2,3)19(22)12-14-24-13-8-11-20(23)25-15-18-16-9-6-4-5-7-10-17(16)18/h16-18H,6-15H2,1-3H3/t16-,17+,18?. The third-order valence-corrected chi connectivity index (χ3v) is 5.26. The van der Waals surface area contributed by atoms with Crippen LogP contribution < -0.4 is 0 Å². The second-order valence-electron chi connectivity index (χ2n) is 8.24. The van der Waals surface area contributed by atoms with Gasteiger partial charge in [-0.25, -0.2) is 0 Å². The highest BCUT2D eigenvalue weighted by atomic mass is 16.5. The second kappa shape index (κ2) is 9.38. The van der Waals surface area contributed by atoms with Gasteiger partial charge in [-0.1, -0.05) is 20.8 Å². The Bertz CT molecular complexity index is 502. The minimum Gasteiger partial charge on any atom is -0.465 e. The third-order valence-electron chi connectivity index (χ3n) is 5.26. The number of carbonyl (C=O) groups excluding carboxylic acids is 2. The van der Waals surface area contributed by atoms with Crippen LogP contribution in [0, 0.1) is 35.0 Å². The van der Waals surface area contributed by atoms with Gasteiger partial charge in [-0.3, -0.25) is 9.59 Å². The molecule has 2 aliphatic rings. The molecule has 0 aliphatic heterocycles. The molecule has 1 fully saturated rings. The van der Waals surface area contributed by atoms with Gasteiger partial charge in [0.05, 0.1) is 13.2 Å². The number of rotatable bonds is 9. The fourth-order valence-electron chi connectivity index (χ4n) is 3.50. The Balaban J connectivity index is 1.48. The van der Waals surface area contributed by atoms with Crippen LogP contribution in [0.25, 0.3) is 0 Å². The lowest BCUT2D eigenvalue weighted by Crippen LogP contribution is -2.21. The highest BCUT2D eigenvalue weighted by Gasteiger charge is 2.49. The summed E-state index contributed by atoms with van der Waals surface area (Å²) >= 11 is 0. The average molecular weight is 348 g/mol. The first-order chi connectivity index (χ1) is 11.9. The molecule has 0 spiro atoms. The number of ether oxygens (including phenoxy) is 2. The summed E-state index contributed by atoms with van der Waals surface area (Å²) in [4.78, 5) is 23.6. The molecular weight excluding hydrogens is 316 g/mol. The number of esters is 1. The summed E-state index contributed by atoms with van der Waals surface area (Å²) in [6, 6.07) is 0. The highest BCUT2D eigenvalue weighted by molar-refractivity contribution is 5.83. The van der Waals surface area contributed by atoms with Gasteiger partial charge in [0.15, 0.2) is 0 Å². The van der Waals surface area contributed by atoms with Gasteiger partial charge in [0.1, 0.15) is 5.78 Å². The van der Waals surface area contributed by atoms with Crippen LogP contribution in [-0.4, -0.2) is 31.6 Å². The molecule has 1 unspecified atom stereocenters. The Morgan fingerprint density at radius 1 is 1.00 bits per heavy atom. The normalized spacial score (nSPS) is 25.0. The minimum absolute atomic E-state index is 0.134. The second-order valence-corrected chi connectivity index (χ2v) is 8.24. The maximum atomic E-state index is 11.8. The molecule has 2 rings (SSSR count). The monoisotopic (exact) mass is 348 g/mol. The minimum atomic E-state index is -0.308. The Labute approximate surface area is 152 Å². The Morgan fingerprint density at radius 2 is 1.64 bits per heavy atom. The number of fused-ring (bicyclic) bond motifs is 1. The van der Waals surface area contributed by atoms with Crippen LogP contribution in [0.5, 0.6) is 0 Å². The van der Waals surface area contributed by atoms with Crippen LogP contribution in [0.1, 0.15) is 65.7 Å². The van der Waals surface area contributed by atoms with E-state index in [0.717, 1.165) is 25.7 Å². The van der Waals surface area contributed by atoms with Gasteiger partial charge in [-0.2, -0.15) is 0 Å². The molecule has 140 valence electrons. The van der Waals surface area contributed by atoms with E-state index in [9.17, 15) is 9.59 Å². The van der Waals surface area contributed by atoms with Gasteiger partial charge in [0, 0.05) is 37.7 Å². The Hall–Kier alpha value is -1.34. The summed E-state index contributed by atoms with van der Waals surface area (Å²) in [6.07, 6.45) is 5.75. The van der Waals surface area contributed by atoms with E-state index in [1.54, 1.807) is 0 Å². The lowest BCUT2D eigenvalue weighted by atomic mass is 9.89. The van der Waals surface area contributed by atoms with Gasteiger partial charge in [0.2, 0.25) is 0 Å². The summed E-state index contributed by atoms with van der Waals surface area (Å²) in [5.74, 6) is 8.44. The van der Waals surface area contributed by atoms with E-state index >= 15 is 0 Å². The van der Waals surface area contributed by atoms with Crippen LogP contribution >= 0.6 is 0 Å². The number of hydrogen-bond acceptors (Lipinski definition) is 4. The van der Waals surface area contributed by atoms with Crippen LogP contribution in [0.2, 0.25) is 0 Å². The van der Waals surface area contributed by atoms with Crippen molar-refractivity contribution >= 4 is 11.8 Å². The molecule has 0 aromatic heterocycles. The SMILES string of the molecule is CC(C)(C)C(=O)CCOCCCC(=O)OCC1[C@H]2CCC#CCC[C@@H]12. The molecule has 0 amide bonds. The maximum Gasteiger partial charge on any atom is 0.305 e. The smallest absolute Gasteiger partial charge is 0.305 e. The lowest BCUT2D eigenvalue weighted by molar-refractivity contribution is -0.144. The van der Waals surface area contributed by atoms with Crippen LogP contribution in [-0.2, 0) is 19.1 Å². The summed E-state index contributed by atoms with van der Waals surface area (Å²) in [7, 11) is 0. The predicted molar refractivity (Wildman–Crippen MR) is 96.8 cm³/mol. The predicted octanol–water partition coefficient (Wildman–Crippen LogP) is 3.77. The first-order valence-corrected chi connectivity index (χ1v) is 9.62. The third kappa shape index (κ3) is 6.82. The number of ketones is 1. The molecule has 3 atom stereocenters. The van der Waals surface area contributed by atoms with Crippen molar-refractivity contribution in [2.45, 2.75) is 65.7 Å². The summed E-state index contributed by atoms with van der Waals surface area (Å²) < 4.78 is 10.9. The van der Waals surface area contributed by atoms with Crippen molar-refractivity contribution in [2.75, 3.05) is 19.8 Å². The molecule has 0 aromatic rings. The van der Waals surface area contributed by atoms with Gasteiger partial charge in [-0.15, -0.1) is 11.8 Å². The highest BCUT2D eigenvalue weighted by Crippen LogP contribution is 2.52. The summed E-state index contributed by atoms with van der Waals surface area (Å²) in [6.45, 7) is 7.24. The van der Waals surface area contributed by atoms with Gasteiger partial charge >= 0.3 is 5.97 Å². The molecular formula is C21H32O4. The zero-order valence-electron chi connectivity index (χ0n) is 15.9. The Morgan fingerprint density at radius 3 is 2.24 bits per heavy atom. The first-order valence-electron chi connectivity index (χ1n) is 9.62. The van der Waals surface area contributed by atoms with Crippen LogP contribution in [0.3, 0.4) is 0 Å². The van der Waals surface area contributed by atoms with Crippen LogP contribution in [0.15, 0.2) is 0 Å². The molecule has 0 heterocycles. The van der Waals surface area contributed by atoms with Gasteiger partial charge < -0.3 is 9.47 Å². The van der Waals surface area contributed by atoms with Crippen molar-refractivity contribution in [3.8, 4) is 11.8 Å². The average Bonchev–Trinajstić information content (AvgIpc) is 3.17. The molecule has 2 aliphatic carbocycles. The van der Waals surface area contributed by atoms with Gasteiger partial charge in [0.25, 0.3) is 0 Å². The summed E-state index contributed by atoms with van der Waals surface area (Å²) in [5, 5.41) is 0. The molecule has 0 aromatic carbocycles. The maximum absolute atomic E-state index is 11.8. The molecule has 0 radical (unpaired) electrons. The molecule has 0 N–H and O–H groups in total. The Kier molecular flexibility index (Phi) is 7.50. The van der Waals surface area contributed by atoms with Crippen molar-refractivity contribution < 1.29 is 19.1 Å². The lowest BCUT2D eigenvalue weighted by Gasteiger charge is -2.16. The van der Waals surface area contributed by atoms with Crippen molar-refractivity contribution in [1.82, 2.24) is 0 Å². The van der Waals surface area contributed by atoms with E-state index in [1.807, 2.05) is 20.8 Å². The zero-order valence-corrected chi connectivity index (χ0v) is 15.9. The van der Waals surface area contributed by atoms with E-state index in [-0.39, 0.29) is 17.2 Å². The molecule has 25 heavy (non-hydrogen) atoms. The molecule has 0 saturated heterocycles. The van der Waals surface area contributed by atoms with Crippen LogP contribution in [0.4, 0.5) is 0 Å². The van der Waals surface area contributed by atoms with Crippen molar-refractivity contribution in [2.24, 2.45) is 23.2 Å². The number of carbonyl (C=O) groups is 2. The molecule has 4 nitrogen and oxygen atoms in total. The first kappa shape index (κ1) is 20.0. The number of Topliss-reactive ketones (excluding diaryl/α,β-unsaturated/α-hetero) is 1. The number of hydrogen-bond donors (Lipinski definition) is 0. The van der Waals surface area contributed by atoms with Crippen molar-refractivity contribution in [3.05, 3.63) is 0 Å². The molecule has 1 saturated carbocycles. The molecule has 4 heteroatoms.